The summed E-state index contributed by atoms with van der Waals surface area (Å²) in [5.74, 6) is 1.05. The van der Waals surface area contributed by atoms with Crippen LogP contribution in [0.15, 0.2) is 48.7 Å². The average molecular weight is 326 g/mol. The first-order valence-corrected chi connectivity index (χ1v) is 7.54. The largest absolute Gasteiger partial charge is 0.339 e. The molecular formula is C17H16ClN5. The summed E-state index contributed by atoms with van der Waals surface area (Å²) in [7, 11) is 0. The Kier molecular flexibility index (Phi) is 4.39. The molecule has 116 valence electrons. The maximum atomic E-state index is 5.97. The molecule has 0 saturated heterocycles. The zero-order valence-corrected chi connectivity index (χ0v) is 13.6. The van der Waals surface area contributed by atoms with Crippen LogP contribution in [0.4, 0.5) is 23.1 Å². The Morgan fingerprint density at radius 3 is 2.65 bits per heavy atom. The van der Waals surface area contributed by atoms with E-state index in [4.69, 9.17) is 11.6 Å². The van der Waals surface area contributed by atoms with Crippen LogP contribution in [0.25, 0.3) is 0 Å². The van der Waals surface area contributed by atoms with Crippen molar-refractivity contribution in [2.24, 2.45) is 0 Å². The molecule has 0 aliphatic rings. The number of aromatic nitrogens is 3. The van der Waals surface area contributed by atoms with Crippen molar-refractivity contribution in [3.8, 4) is 0 Å². The molecule has 1 heterocycles. The van der Waals surface area contributed by atoms with Crippen LogP contribution in [-0.2, 0) is 0 Å². The Morgan fingerprint density at radius 2 is 1.87 bits per heavy atom. The summed E-state index contributed by atoms with van der Waals surface area (Å²) in [6, 6.07) is 13.6. The van der Waals surface area contributed by atoms with Gasteiger partial charge in [-0.15, -0.1) is 5.10 Å². The van der Waals surface area contributed by atoms with Gasteiger partial charge >= 0.3 is 0 Å². The SMILES string of the molecule is Cc1cccc(Nc2nncc(Nc3ccc(Cl)cc3C)n2)c1. The van der Waals surface area contributed by atoms with Gasteiger partial charge in [-0.1, -0.05) is 23.7 Å². The standard InChI is InChI=1S/C17H16ClN5/c1-11-4-3-5-14(8-11)20-17-22-16(10-19-23-17)21-15-7-6-13(18)9-12(15)2/h3-10H,1-2H3,(H2,20,21,22,23). The summed E-state index contributed by atoms with van der Waals surface area (Å²) >= 11 is 5.97. The zero-order chi connectivity index (χ0) is 16.2. The second-order valence-corrected chi connectivity index (χ2v) is 5.68. The summed E-state index contributed by atoms with van der Waals surface area (Å²) in [5.41, 5.74) is 4.04. The Hall–Kier alpha value is -2.66. The molecule has 0 saturated carbocycles. The normalized spacial score (nSPS) is 10.4. The number of nitrogens with one attached hydrogen (secondary N) is 2. The average Bonchev–Trinajstić information content (AvgIpc) is 2.51. The highest BCUT2D eigenvalue weighted by molar-refractivity contribution is 6.30. The minimum atomic E-state index is 0.437. The molecule has 0 fully saturated rings. The van der Waals surface area contributed by atoms with E-state index in [1.165, 1.54) is 0 Å². The van der Waals surface area contributed by atoms with E-state index in [-0.39, 0.29) is 0 Å². The Bertz CT molecular complexity index is 835. The molecule has 6 heteroatoms. The van der Waals surface area contributed by atoms with Gasteiger partial charge in [-0.25, -0.2) is 0 Å². The molecular weight excluding hydrogens is 310 g/mol. The van der Waals surface area contributed by atoms with Gasteiger partial charge in [-0.05, 0) is 55.3 Å². The molecule has 0 spiro atoms. The number of halogens is 1. The van der Waals surface area contributed by atoms with Gasteiger partial charge < -0.3 is 10.6 Å². The summed E-state index contributed by atoms with van der Waals surface area (Å²) in [6.07, 6.45) is 1.58. The van der Waals surface area contributed by atoms with Crippen LogP contribution in [0.3, 0.4) is 0 Å². The van der Waals surface area contributed by atoms with E-state index >= 15 is 0 Å². The van der Waals surface area contributed by atoms with Gasteiger partial charge in [-0.2, -0.15) is 10.1 Å². The molecule has 0 amide bonds. The van der Waals surface area contributed by atoms with E-state index < -0.39 is 0 Å². The lowest BCUT2D eigenvalue weighted by atomic mass is 10.2. The van der Waals surface area contributed by atoms with E-state index in [1.54, 1.807) is 6.20 Å². The highest BCUT2D eigenvalue weighted by Gasteiger charge is 2.04. The van der Waals surface area contributed by atoms with E-state index in [0.29, 0.717) is 16.8 Å². The van der Waals surface area contributed by atoms with Crippen molar-refractivity contribution in [1.29, 1.82) is 0 Å². The number of rotatable bonds is 4. The molecule has 0 aliphatic heterocycles. The molecule has 3 rings (SSSR count). The molecule has 0 bridgehead atoms. The minimum absolute atomic E-state index is 0.437. The van der Waals surface area contributed by atoms with Crippen molar-refractivity contribution >= 4 is 34.7 Å². The predicted molar refractivity (Wildman–Crippen MR) is 93.8 cm³/mol. The van der Waals surface area contributed by atoms with Crippen molar-refractivity contribution in [3.63, 3.8) is 0 Å². The Balaban J connectivity index is 1.79. The summed E-state index contributed by atoms with van der Waals surface area (Å²) in [5, 5.41) is 15.1. The number of nitrogens with zero attached hydrogens (tertiary/aromatic N) is 3. The third-order valence-electron chi connectivity index (χ3n) is 3.28. The van der Waals surface area contributed by atoms with Crippen molar-refractivity contribution in [2.45, 2.75) is 13.8 Å². The third kappa shape index (κ3) is 3.96. The molecule has 0 radical (unpaired) electrons. The molecule has 2 aromatic carbocycles. The van der Waals surface area contributed by atoms with E-state index in [2.05, 4.69) is 25.8 Å². The number of hydrogen-bond acceptors (Lipinski definition) is 5. The predicted octanol–water partition coefficient (Wildman–Crippen LogP) is 4.63. The molecule has 0 aliphatic carbocycles. The van der Waals surface area contributed by atoms with Crippen LogP contribution < -0.4 is 10.6 Å². The first-order valence-electron chi connectivity index (χ1n) is 7.17. The van der Waals surface area contributed by atoms with Gasteiger partial charge in [0.1, 0.15) is 0 Å². The van der Waals surface area contributed by atoms with Gasteiger partial charge in [0, 0.05) is 16.4 Å². The highest BCUT2D eigenvalue weighted by Crippen LogP contribution is 2.23. The quantitative estimate of drug-likeness (QED) is 0.732. The van der Waals surface area contributed by atoms with Gasteiger partial charge in [0.15, 0.2) is 5.82 Å². The fourth-order valence-electron chi connectivity index (χ4n) is 2.17. The summed E-state index contributed by atoms with van der Waals surface area (Å²) < 4.78 is 0. The summed E-state index contributed by atoms with van der Waals surface area (Å²) in [6.45, 7) is 4.01. The van der Waals surface area contributed by atoms with Crippen LogP contribution >= 0.6 is 11.6 Å². The second kappa shape index (κ2) is 6.62. The van der Waals surface area contributed by atoms with Gasteiger partial charge in [-0.3, -0.25) is 0 Å². The van der Waals surface area contributed by atoms with Gasteiger partial charge in [0.25, 0.3) is 0 Å². The molecule has 0 unspecified atom stereocenters. The Labute approximate surface area is 139 Å². The molecule has 2 N–H and O–H groups in total. The number of aryl methyl sites for hydroxylation is 2. The fraction of sp³-hybridized carbons (Fsp3) is 0.118. The number of hydrogen-bond donors (Lipinski definition) is 2. The summed E-state index contributed by atoms with van der Waals surface area (Å²) in [4.78, 5) is 4.43. The molecule has 23 heavy (non-hydrogen) atoms. The smallest absolute Gasteiger partial charge is 0.249 e. The fourth-order valence-corrected chi connectivity index (χ4v) is 2.40. The van der Waals surface area contributed by atoms with Gasteiger partial charge in [0.2, 0.25) is 5.95 Å². The van der Waals surface area contributed by atoms with E-state index in [0.717, 1.165) is 22.5 Å². The van der Waals surface area contributed by atoms with Crippen molar-refractivity contribution in [3.05, 3.63) is 64.8 Å². The molecule has 5 nitrogen and oxygen atoms in total. The second-order valence-electron chi connectivity index (χ2n) is 5.24. The van der Waals surface area contributed by atoms with Crippen LogP contribution in [-0.4, -0.2) is 15.2 Å². The van der Waals surface area contributed by atoms with Crippen LogP contribution in [0.2, 0.25) is 5.02 Å². The minimum Gasteiger partial charge on any atom is -0.339 e. The number of anilines is 4. The number of benzene rings is 2. The third-order valence-corrected chi connectivity index (χ3v) is 3.52. The van der Waals surface area contributed by atoms with Crippen LogP contribution in [0.1, 0.15) is 11.1 Å². The lowest BCUT2D eigenvalue weighted by Crippen LogP contribution is -2.03. The first-order chi connectivity index (χ1) is 11.1. The molecule has 3 aromatic rings. The van der Waals surface area contributed by atoms with Crippen LogP contribution in [0, 0.1) is 13.8 Å². The van der Waals surface area contributed by atoms with Crippen LogP contribution in [0.5, 0.6) is 0 Å². The molecule has 1 aromatic heterocycles. The Morgan fingerprint density at radius 1 is 1.00 bits per heavy atom. The topological polar surface area (TPSA) is 62.7 Å². The lowest BCUT2D eigenvalue weighted by Gasteiger charge is -2.10. The van der Waals surface area contributed by atoms with E-state index in [9.17, 15) is 0 Å². The lowest BCUT2D eigenvalue weighted by molar-refractivity contribution is 0.982. The maximum Gasteiger partial charge on any atom is 0.249 e. The van der Waals surface area contributed by atoms with Crippen molar-refractivity contribution < 1.29 is 0 Å². The zero-order valence-electron chi connectivity index (χ0n) is 12.8. The molecule has 0 atom stereocenters. The van der Waals surface area contributed by atoms with Gasteiger partial charge in [0.05, 0.1) is 6.20 Å². The maximum absolute atomic E-state index is 5.97. The highest BCUT2D eigenvalue weighted by atomic mass is 35.5. The van der Waals surface area contributed by atoms with Crippen molar-refractivity contribution in [2.75, 3.05) is 10.6 Å². The van der Waals surface area contributed by atoms with Crippen molar-refractivity contribution in [1.82, 2.24) is 15.2 Å². The monoisotopic (exact) mass is 325 g/mol. The first kappa shape index (κ1) is 15.2. The van der Waals surface area contributed by atoms with E-state index in [1.807, 2.05) is 56.3 Å².